The predicted molar refractivity (Wildman–Crippen MR) is 215 cm³/mol. The van der Waals surface area contributed by atoms with Crippen LogP contribution in [0.15, 0.2) is 182 Å². The monoisotopic (exact) mass is 874 g/mol. The van der Waals surface area contributed by atoms with Crippen LogP contribution >= 0.6 is 0 Å². The third kappa shape index (κ3) is 5.62. The van der Waals surface area contributed by atoms with Gasteiger partial charge < -0.3 is 9.67 Å². The molecule has 0 spiro atoms. The summed E-state index contributed by atoms with van der Waals surface area (Å²) in [4.78, 5) is 10.4. The van der Waals surface area contributed by atoms with Crippen LogP contribution in [0, 0.1) is 6.07 Å². The van der Waals surface area contributed by atoms with Crippen molar-refractivity contribution >= 4 is 32.8 Å². The number of imidazole rings is 1. The van der Waals surface area contributed by atoms with Gasteiger partial charge in [-0.2, -0.15) is 0 Å². The Balaban J connectivity index is 0.00000384. The van der Waals surface area contributed by atoms with Gasteiger partial charge in [-0.25, -0.2) is 4.98 Å². The van der Waals surface area contributed by atoms with E-state index in [1.54, 1.807) is 6.07 Å². The Morgan fingerprint density at radius 2 is 1.09 bits per heavy atom. The van der Waals surface area contributed by atoms with Crippen molar-refractivity contribution in [2.24, 2.45) is 0 Å². The molecule has 0 aliphatic rings. The summed E-state index contributed by atoms with van der Waals surface area (Å²) in [6.45, 7) is 0. The van der Waals surface area contributed by atoms with E-state index in [4.69, 9.17) is 9.97 Å². The second-order valence-electron chi connectivity index (χ2n) is 13.1. The van der Waals surface area contributed by atoms with Gasteiger partial charge in [0.1, 0.15) is 11.6 Å². The van der Waals surface area contributed by atoms with E-state index in [2.05, 4.69) is 137 Å². The quantitative estimate of drug-likeness (QED) is 0.169. The van der Waals surface area contributed by atoms with E-state index in [0.717, 1.165) is 77.7 Å². The van der Waals surface area contributed by atoms with Crippen molar-refractivity contribution in [3.8, 4) is 62.0 Å². The molecule has 54 heavy (non-hydrogen) atoms. The molecular formula is C48H31N4OPt-. The van der Waals surface area contributed by atoms with E-state index in [0.29, 0.717) is 11.4 Å². The molecule has 0 fully saturated rings. The first kappa shape index (κ1) is 33.3. The van der Waals surface area contributed by atoms with Gasteiger partial charge in [0, 0.05) is 55.1 Å². The third-order valence-corrected chi connectivity index (χ3v) is 9.96. The van der Waals surface area contributed by atoms with E-state index < -0.39 is 0 Å². The summed E-state index contributed by atoms with van der Waals surface area (Å²) < 4.78 is 4.43. The molecule has 260 valence electrons. The number of rotatable bonds is 6. The van der Waals surface area contributed by atoms with E-state index in [1.807, 2.05) is 54.7 Å². The molecule has 0 amide bonds. The molecule has 0 saturated carbocycles. The molecule has 7 aromatic carbocycles. The van der Waals surface area contributed by atoms with Crippen LogP contribution in [0.5, 0.6) is 5.75 Å². The number of phenolic OH excluding ortho intramolecular Hbond substituents is 1. The number of fused-ring (bicyclic) bond motifs is 4. The van der Waals surface area contributed by atoms with Gasteiger partial charge in [0.25, 0.3) is 0 Å². The smallest absolute Gasteiger partial charge is 0.148 e. The Kier molecular flexibility index (Phi) is 8.49. The summed E-state index contributed by atoms with van der Waals surface area (Å²) in [5.74, 6) is 0.841. The average molecular weight is 875 g/mol. The molecule has 6 heteroatoms. The van der Waals surface area contributed by atoms with Crippen LogP contribution in [0.4, 0.5) is 0 Å². The maximum atomic E-state index is 11.0. The fourth-order valence-electron chi connectivity index (χ4n) is 7.51. The van der Waals surface area contributed by atoms with E-state index >= 15 is 0 Å². The predicted octanol–water partition coefficient (Wildman–Crippen LogP) is 11.7. The Hall–Kier alpha value is -6.55. The van der Waals surface area contributed by atoms with Crippen molar-refractivity contribution in [3.05, 3.63) is 188 Å². The Bertz CT molecular complexity index is 2950. The first-order valence-corrected chi connectivity index (χ1v) is 17.6. The van der Waals surface area contributed by atoms with Crippen LogP contribution in [0.25, 0.3) is 89.1 Å². The van der Waals surface area contributed by atoms with Crippen LogP contribution < -0.4 is 0 Å². The molecule has 0 bridgehead atoms. The Morgan fingerprint density at radius 1 is 0.481 bits per heavy atom. The molecule has 0 unspecified atom stereocenters. The number of pyridine rings is 1. The van der Waals surface area contributed by atoms with Crippen molar-refractivity contribution in [1.29, 1.82) is 0 Å². The van der Waals surface area contributed by atoms with Crippen LogP contribution in [-0.4, -0.2) is 24.2 Å². The van der Waals surface area contributed by atoms with Crippen molar-refractivity contribution in [3.63, 3.8) is 0 Å². The summed E-state index contributed by atoms with van der Waals surface area (Å²) in [6.07, 6.45) is 2.00. The zero-order valence-electron chi connectivity index (χ0n) is 28.9. The molecule has 0 radical (unpaired) electrons. The summed E-state index contributed by atoms with van der Waals surface area (Å²) in [7, 11) is 0. The minimum atomic E-state index is 0. The van der Waals surface area contributed by atoms with Gasteiger partial charge in [0.05, 0.1) is 27.6 Å². The summed E-state index contributed by atoms with van der Waals surface area (Å²) in [5, 5.41) is 13.3. The second kappa shape index (κ2) is 13.8. The maximum Gasteiger partial charge on any atom is 0.148 e. The van der Waals surface area contributed by atoms with E-state index in [9.17, 15) is 5.11 Å². The number of hydrogen-bond acceptors (Lipinski definition) is 3. The van der Waals surface area contributed by atoms with E-state index in [-0.39, 0.29) is 26.8 Å². The number of hydrogen-bond donors (Lipinski definition) is 1. The van der Waals surface area contributed by atoms with Crippen LogP contribution in [0.1, 0.15) is 0 Å². The molecule has 3 heterocycles. The number of nitrogens with zero attached hydrogens (tertiary/aromatic N) is 4. The molecule has 10 aromatic rings. The fraction of sp³-hybridized carbons (Fsp3) is 0. The first-order chi connectivity index (χ1) is 26.2. The minimum absolute atomic E-state index is 0. The number of aromatic nitrogens is 4. The third-order valence-electron chi connectivity index (χ3n) is 9.96. The van der Waals surface area contributed by atoms with Crippen LogP contribution in [0.3, 0.4) is 0 Å². The van der Waals surface area contributed by atoms with Crippen molar-refractivity contribution in [1.82, 2.24) is 19.1 Å². The molecule has 10 rings (SSSR count). The molecule has 0 aliphatic carbocycles. The van der Waals surface area contributed by atoms with E-state index in [1.165, 1.54) is 0 Å². The Morgan fingerprint density at radius 3 is 1.85 bits per heavy atom. The molecule has 0 atom stereocenters. The van der Waals surface area contributed by atoms with Crippen LogP contribution in [0.2, 0.25) is 0 Å². The first-order valence-electron chi connectivity index (χ1n) is 17.6. The van der Waals surface area contributed by atoms with Gasteiger partial charge >= 0.3 is 0 Å². The molecule has 5 nitrogen and oxygen atoms in total. The Labute approximate surface area is 326 Å². The standard InChI is InChI=1S/C48H31N4O.Pt/c53-46-26-13-11-22-40(46)48-50-47-38(23-14-25-44(47)52(48)37-19-8-3-9-20-37)34-27-33(32-15-4-1-5-16-32)28-35(29-34)42-30-45-41(31-49-42)39-21-10-12-24-43(39)51(45)36-17-6-2-7-18-36;/h1-28,30-31,53H;/q-1;. The van der Waals surface area contributed by atoms with Gasteiger partial charge in [-0.05, 0) is 60.2 Å². The molecule has 3 aromatic heterocycles. The SMILES string of the molecule is Oc1ccccc1-c1nc2c(-c3[c-]c(-c4cc5c(cn4)c4ccccc4n5-c4ccccc4)cc(-c4ccccc4)c3)cccc2n1-c1ccccc1.[Pt]. The number of phenols is 1. The van der Waals surface area contributed by atoms with Crippen molar-refractivity contribution < 1.29 is 26.2 Å². The molecular weight excluding hydrogens is 844 g/mol. The van der Waals surface area contributed by atoms with Gasteiger partial charge in [0.2, 0.25) is 0 Å². The average Bonchev–Trinajstić information content (AvgIpc) is 3.78. The number of aromatic hydroxyl groups is 1. The summed E-state index contributed by atoms with van der Waals surface area (Å²) in [6, 6.07) is 63.6. The van der Waals surface area contributed by atoms with Crippen molar-refractivity contribution in [2.75, 3.05) is 0 Å². The zero-order chi connectivity index (χ0) is 35.3. The van der Waals surface area contributed by atoms with Crippen molar-refractivity contribution in [2.45, 2.75) is 0 Å². The maximum absolute atomic E-state index is 11.0. The molecule has 0 saturated heterocycles. The largest absolute Gasteiger partial charge is 0.507 e. The summed E-state index contributed by atoms with van der Waals surface area (Å²) >= 11 is 0. The van der Waals surface area contributed by atoms with Gasteiger partial charge in [-0.15, -0.1) is 23.8 Å². The topological polar surface area (TPSA) is 55.9 Å². The van der Waals surface area contributed by atoms with Crippen LogP contribution in [-0.2, 0) is 21.1 Å². The minimum Gasteiger partial charge on any atom is -0.507 e. The van der Waals surface area contributed by atoms with Gasteiger partial charge in [-0.1, -0.05) is 126 Å². The molecule has 0 aliphatic heterocycles. The number of para-hydroxylation sites is 5. The normalized spacial score (nSPS) is 11.3. The molecule has 1 N–H and O–H groups in total. The zero-order valence-corrected chi connectivity index (χ0v) is 31.1. The van der Waals surface area contributed by atoms with Gasteiger partial charge in [-0.3, -0.25) is 9.55 Å². The second-order valence-corrected chi connectivity index (χ2v) is 13.1. The summed E-state index contributed by atoms with van der Waals surface area (Å²) in [5.41, 5.74) is 12.4. The van der Waals surface area contributed by atoms with Gasteiger partial charge in [0.15, 0.2) is 0 Å². The number of benzene rings is 7. The fourth-order valence-corrected chi connectivity index (χ4v) is 7.51.